The third kappa shape index (κ3) is 4.69. The van der Waals surface area contributed by atoms with Gasteiger partial charge in [-0.15, -0.1) is 0 Å². The number of hydrogen-bond donors (Lipinski definition) is 1. The topological polar surface area (TPSA) is 99.6 Å². The average molecular weight is 388 g/mol. The standard InChI is InChI=1S/C20H28N4O4/c1-5-11-24-18(21)17(19(26)23(4)20(24)27)16(25)13-22(3)12-14-7-9-15(10-8-14)28-6-2/h7-10H,5-6,11-13,21H2,1-4H3. The molecular weight excluding hydrogens is 360 g/mol. The van der Waals surface area contributed by atoms with Crippen molar-refractivity contribution in [2.24, 2.45) is 7.05 Å². The minimum Gasteiger partial charge on any atom is -0.494 e. The van der Waals surface area contributed by atoms with Crippen LogP contribution in [0, 0.1) is 0 Å². The van der Waals surface area contributed by atoms with Crippen LogP contribution in [-0.2, 0) is 20.1 Å². The van der Waals surface area contributed by atoms with E-state index < -0.39 is 17.0 Å². The SMILES string of the molecule is CCCn1c(N)c(C(=O)CN(C)Cc2ccc(OCC)cc2)c(=O)n(C)c1=O. The van der Waals surface area contributed by atoms with E-state index >= 15 is 0 Å². The molecule has 0 saturated carbocycles. The van der Waals surface area contributed by atoms with Crippen LogP contribution in [0.25, 0.3) is 0 Å². The molecule has 0 aliphatic heterocycles. The van der Waals surface area contributed by atoms with Crippen LogP contribution in [0.15, 0.2) is 33.9 Å². The van der Waals surface area contributed by atoms with Gasteiger partial charge in [-0.2, -0.15) is 0 Å². The molecule has 8 nitrogen and oxygen atoms in total. The van der Waals surface area contributed by atoms with Crippen LogP contribution in [0.3, 0.4) is 0 Å². The maximum atomic E-state index is 12.8. The third-order valence-corrected chi connectivity index (χ3v) is 4.41. The molecule has 28 heavy (non-hydrogen) atoms. The average Bonchev–Trinajstić information content (AvgIpc) is 2.65. The van der Waals surface area contributed by atoms with Gasteiger partial charge in [-0.25, -0.2) is 4.79 Å². The molecule has 0 saturated heterocycles. The maximum absolute atomic E-state index is 12.8. The second-order valence-electron chi connectivity index (χ2n) is 6.73. The Labute approximate surface area is 164 Å². The Morgan fingerprint density at radius 1 is 1.18 bits per heavy atom. The molecule has 1 heterocycles. The van der Waals surface area contributed by atoms with Crippen molar-refractivity contribution < 1.29 is 9.53 Å². The number of anilines is 1. The fraction of sp³-hybridized carbons (Fsp3) is 0.450. The van der Waals surface area contributed by atoms with Gasteiger partial charge >= 0.3 is 5.69 Å². The van der Waals surface area contributed by atoms with E-state index in [0.717, 1.165) is 15.9 Å². The number of aromatic nitrogens is 2. The Morgan fingerprint density at radius 3 is 2.39 bits per heavy atom. The molecule has 2 rings (SSSR count). The van der Waals surface area contributed by atoms with Gasteiger partial charge in [0.1, 0.15) is 17.1 Å². The summed E-state index contributed by atoms with van der Waals surface area (Å²) in [6.45, 7) is 5.30. The molecule has 0 aliphatic carbocycles. The number of rotatable bonds is 9. The van der Waals surface area contributed by atoms with Crippen molar-refractivity contribution in [1.29, 1.82) is 0 Å². The molecule has 1 aromatic carbocycles. The molecular formula is C20H28N4O4. The minimum absolute atomic E-state index is 0.0109. The van der Waals surface area contributed by atoms with Crippen molar-refractivity contribution >= 4 is 11.6 Å². The number of ketones is 1. The van der Waals surface area contributed by atoms with Crippen molar-refractivity contribution in [3.8, 4) is 5.75 Å². The fourth-order valence-corrected chi connectivity index (χ4v) is 3.03. The van der Waals surface area contributed by atoms with E-state index in [4.69, 9.17) is 10.5 Å². The molecule has 2 N–H and O–H groups in total. The molecule has 8 heteroatoms. The highest BCUT2D eigenvalue weighted by Gasteiger charge is 2.22. The smallest absolute Gasteiger partial charge is 0.332 e. The van der Waals surface area contributed by atoms with Crippen molar-refractivity contribution in [2.45, 2.75) is 33.4 Å². The predicted molar refractivity (Wildman–Crippen MR) is 109 cm³/mol. The number of nitrogen functional groups attached to an aromatic ring is 1. The summed E-state index contributed by atoms with van der Waals surface area (Å²) in [5, 5.41) is 0. The molecule has 0 aliphatic rings. The number of carbonyl (C=O) groups excluding carboxylic acids is 1. The summed E-state index contributed by atoms with van der Waals surface area (Å²) in [6, 6.07) is 7.62. The third-order valence-electron chi connectivity index (χ3n) is 4.41. The second-order valence-corrected chi connectivity index (χ2v) is 6.73. The van der Waals surface area contributed by atoms with Gasteiger partial charge in [-0.1, -0.05) is 19.1 Å². The first kappa shape index (κ1) is 21.4. The first-order valence-corrected chi connectivity index (χ1v) is 9.32. The van der Waals surface area contributed by atoms with Crippen molar-refractivity contribution in [2.75, 3.05) is 25.9 Å². The summed E-state index contributed by atoms with van der Waals surface area (Å²) in [7, 11) is 3.15. The quantitative estimate of drug-likeness (QED) is 0.649. The van der Waals surface area contributed by atoms with Gasteiger partial charge in [-0.05, 0) is 38.1 Å². The van der Waals surface area contributed by atoms with Gasteiger partial charge < -0.3 is 10.5 Å². The first-order chi connectivity index (χ1) is 13.3. The van der Waals surface area contributed by atoms with Gasteiger partial charge in [0.15, 0.2) is 5.78 Å². The van der Waals surface area contributed by atoms with Gasteiger partial charge in [0.25, 0.3) is 5.56 Å². The Hall–Kier alpha value is -2.87. The minimum atomic E-state index is -0.658. The molecule has 2 aromatic rings. The predicted octanol–water partition coefficient (Wildman–Crippen LogP) is 1.25. The Morgan fingerprint density at radius 2 is 1.82 bits per heavy atom. The van der Waals surface area contributed by atoms with E-state index in [1.165, 1.54) is 11.6 Å². The summed E-state index contributed by atoms with van der Waals surface area (Å²) >= 11 is 0. The normalized spacial score (nSPS) is 11.0. The van der Waals surface area contributed by atoms with E-state index in [9.17, 15) is 14.4 Å². The zero-order chi connectivity index (χ0) is 20.8. The van der Waals surface area contributed by atoms with Crippen LogP contribution < -0.4 is 21.7 Å². The summed E-state index contributed by atoms with van der Waals surface area (Å²) in [5.74, 6) is 0.324. The number of nitrogens with zero attached hydrogens (tertiary/aromatic N) is 3. The van der Waals surface area contributed by atoms with Gasteiger partial charge in [0.2, 0.25) is 0 Å². The Bertz CT molecular complexity index is 944. The van der Waals surface area contributed by atoms with Crippen molar-refractivity contribution in [3.63, 3.8) is 0 Å². The highest BCUT2D eigenvalue weighted by molar-refractivity contribution is 6.01. The van der Waals surface area contributed by atoms with Crippen molar-refractivity contribution in [3.05, 3.63) is 56.2 Å². The summed E-state index contributed by atoms with van der Waals surface area (Å²) in [6.07, 6.45) is 0.660. The van der Waals surface area contributed by atoms with E-state index in [0.29, 0.717) is 26.1 Å². The Kier molecular flexibility index (Phi) is 7.17. The molecule has 152 valence electrons. The fourth-order valence-electron chi connectivity index (χ4n) is 3.03. The van der Waals surface area contributed by atoms with Crippen LogP contribution in [0.4, 0.5) is 5.82 Å². The summed E-state index contributed by atoms with van der Waals surface area (Å²) < 4.78 is 7.63. The lowest BCUT2D eigenvalue weighted by Gasteiger charge is -2.18. The molecule has 0 bridgehead atoms. The van der Waals surface area contributed by atoms with E-state index in [1.807, 2.05) is 38.1 Å². The molecule has 0 spiro atoms. The zero-order valence-corrected chi connectivity index (χ0v) is 16.9. The van der Waals surface area contributed by atoms with Crippen molar-refractivity contribution in [1.82, 2.24) is 14.0 Å². The molecule has 0 unspecified atom stereocenters. The summed E-state index contributed by atoms with van der Waals surface area (Å²) in [4.78, 5) is 39.3. The lowest BCUT2D eigenvalue weighted by atomic mass is 10.1. The highest BCUT2D eigenvalue weighted by atomic mass is 16.5. The maximum Gasteiger partial charge on any atom is 0.332 e. The van der Waals surface area contributed by atoms with E-state index in [-0.39, 0.29) is 17.9 Å². The number of nitrogens with two attached hydrogens (primary N) is 1. The molecule has 1 aromatic heterocycles. The molecule has 0 amide bonds. The van der Waals surface area contributed by atoms with Crippen LogP contribution in [0.1, 0.15) is 36.2 Å². The number of Topliss-reactive ketones (excluding diaryl/α,β-unsaturated/α-hetero) is 1. The molecule has 0 fully saturated rings. The van der Waals surface area contributed by atoms with Gasteiger partial charge in [-0.3, -0.25) is 23.6 Å². The van der Waals surface area contributed by atoms with E-state index in [2.05, 4.69) is 0 Å². The number of likely N-dealkylation sites (N-methyl/N-ethyl adjacent to an activating group) is 1. The van der Waals surface area contributed by atoms with E-state index in [1.54, 1.807) is 11.9 Å². The second kappa shape index (κ2) is 9.36. The van der Waals surface area contributed by atoms with Gasteiger partial charge in [0, 0.05) is 20.1 Å². The van der Waals surface area contributed by atoms with Crippen LogP contribution in [-0.4, -0.2) is 40.0 Å². The monoisotopic (exact) mass is 388 g/mol. The number of hydrogen-bond acceptors (Lipinski definition) is 6. The number of benzene rings is 1. The number of ether oxygens (including phenoxy) is 1. The van der Waals surface area contributed by atoms with Crippen LogP contribution in [0.5, 0.6) is 5.75 Å². The Balaban J connectivity index is 2.20. The van der Waals surface area contributed by atoms with Gasteiger partial charge in [0.05, 0.1) is 13.2 Å². The summed E-state index contributed by atoms with van der Waals surface area (Å²) in [5.41, 5.74) is 5.72. The number of carbonyl (C=O) groups is 1. The largest absolute Gasteiger partial charge is 0.494 e. The molecule has 0 atom stereocenters. The zero-order valence-electron chi connectivity index (χ0n) is 16.9. The van der Waals surface area contributed by atoms with Crippen LogP contribution in [0.2, 0.25) is 0 Å². The lowest BCUT2D eigenvalue weighted by molar-refractivity contribution is 0.0941. The molecule has 0 radical (unpaired) electrons. The van der Waals surface area contributed by atoms with Crippen LogP contribution >= 0.6 is 0 Å². The highest BCUT2D eigenvalue weighted by Crippen LogP contribution is 2.14. The lowest BCUT2D eigenvalue weighted by Crippen LogP contribution is -2.43. The first-order valence-electron chi connectivity index (χ1n) is 9.32.